The maximum Gasteiger partial charge on any atom is 0.150 e. The molecule has 0 aliphatic heterocycles. The van der Waals surface area contributed by atoms with Gasteiger partial charge in [-0.2, -0.15) is 0 Å². The lowest BCUT2D eigenvalue weighted by Crippen LogP contribution is -1.88. The molecule has 1 rings (SSSR count). The second-order valence-corrected chi connectivity index (χ2v) is 2.68. The molecule has 0 atom stereocenters. The van der Waals surface area contributed by atoms with E-state index in [0.29, 0.717) is 10.6 Å². The van der Waals surface area contributed by atoms with Crippen molar-refractivity contribution in [1.82, 2.24) is 0 Å². The van der Waals surface area contributed by atoms with Crippen LogP contribution in [0.1, 0.15) is 15.9 Å². The highest BCUT2D eigenvalue weighted by atomic mass is 35.5. The molecule has 0 heterocycles. The lowest BCUT2D eigenvalue weighted by molar-refractivity contribution is 0.112. The van der Waals surface area contributed by atoms with E-state index in [2.05, 4.69) is 12.2 Å². The van der Waals surface area contributed by atoms with Crippen molar-refractivity contribution in [2.75, 3.05) is 0 Å². The number of carbonyl (C=O) groups excluding carboxylic acids is 1. The number of hydrogen-bond acceptors (Lipinski definition) is 2. The first-order valence-corrected chi connectivity index (χ1v) is 3.83. The predicted molar refractivity (Wildman–Crippen MR) is 49.6 cm³/mol. The van der Waals surface area contributed by atoms with Crippen LogP contribution >= 0.6 is 23.8 Å². The molecule has 0 radical (unpaired) electrons. The molecule has 0 unspecified atom stereocenters. The van der Waals surface area contributed by atoms with Gasteiger partial charge >= 0.3 is 0 Å². The van der Waals surface area contributed by atoms with E-state index < -0.39 is 0 Å². The highest BCUT2D eigenvalue weighted by molar-refractivity contribution is 7.79. The van der Waals surface area contributed by atoms with Crippen molar-refractivity contribution >= 4 is 35.5 Å². The molecule has 0 aliphatic rings. The Morgan fingerprint density at radius 3 is 2.64 bits per heavy atom. The van der Waals surface area contributed by atoms with Crippen molar-refractivity contribution in [2.24, 2.45) is 0 Å². The molecular weight excluding hydrogens is 180 g/mol. The molecule has 11 heavy (non-hydrogen) atoms. The fourth-order valence-electron chi connectivity index (χ4n) is 0.755. The summed E-state index contributed by atoms with van der Waals surface area (Å²) >= 11 is 10.3. The van der Waals surface area contributed by atoms with Gasteiger partial charge in [-0.25, -0.2) is 0 Å². The van der Waals surface area contributed by atoms with Crippen LogP contribution in [-0.2, 0) is 0 Å². The summed E-state index contributed by atoms with van der Waals surface area (Å²) in [5.41, 5.74) is 1.27. The van der Waals surface area contributed by atoms with Crippen molar-refractivity contribution in [3.05, 3.63) is 34.3 Å². The summed E-state index contributed by atoms with van der Waals surface area (Å²) in [5, 5.41) is 2.01. The second-order valence-electron chi connectivity index (χ2n) is 2.01. The molecular formula is C8H5ClOS. The Hall–Kier alpha value is -0.730. The zero-order valence-corrected chi connectivity index (χ0v) is 7.15. The Morgan fingerprint density at radius 1 is 1.36 bits per heavy atom. The molecule has 56 valence electrons. The van der Waals surface area contributed by atoms with Gasteiger partial charge in [0.2, 0.25) is 0 Å². The zero-order valence-electron chi connectivity index (χ0n) is 5.58. The lowest BCUT2D eigenvalue weighted by atomic mass is 10.1. The number of rotatable bonds is 2. The summed E-state index contributed by atoms with van der Waals surface area (Å²) in [6.07, 6.45) is 0.740. The Bertz CT molecular complexity index is 296. The lowest BCUT2D eigenvalue weighted by Gasteiger charge is -1.96. The summed E-state index contributed by atoms with van der Waals surface area (Å²) in [6, 6.07) is 5.01. The van der Waals surface area contributed by atoms with Crippen molar-refractivity contribution in [1.29, 1.82) is 0 Å². The van der Waals surface area contributed by atoms with Gasteiger partial charge in [0, 0.05) is 16.0 Å². The van der Waals surface area contributed by atoms with Crippen LogP contribution in [0.5, 0.6) is 0 Å². The van der Waals surface area contributed by atoms with Gasteiger partial charge in [-0.15, -0.1) is 0 Å². The van der Waals surface area contributed by atoms with E-state index in [-0.39, 0.29) is 0 Å². The molecule has 0 amide bonds. The summed E-state index contributed by atoms with van der Waals surface area (Å²) in [6.45, 7) is 0. The van der Waals surface area contributed by atoms with Crippen molar-refractivity contribution in [3.8, 4) is 0 Å². The van der Waals surface area contributed by atoms with E-state index in [1.807, 2.05) is 0 Å². The van der Waals surface area contributed by atoms with Crippen LogP contribution in [0.2, 0.25) is 5.02 Å². The third kappa shape index (κ3) is 1.85. The average molecular weight is 185 g/mol. The van der Waals surface area contributed by atoms with E-state index in [1.165, 1.54) is 5.37 Å². The molecule has 1 aromatic rings. The molecule has 3 heteroatoms. The number of aldehydes is 1. The first kappa shape index (κ1) is 8.37. The van der Waals surface area contributed by atoms with Gasteiger partial charge < -0.3 is 0 Å². The van der Waals surface area contributed by atoms with Crippen molar-refractivity contribution < 1.29 is 4.79 Å². The van der Waals surface area contributed by atoms with Crippen molar-refractivity contribution in [3.63, 3.8) is 0 Å². The van der Waals surface area contributed by atoms with Gasteiger partial charge in [0.1, 0.15) is 0 Å². The van der Waals surface area contributed by atoms with Gasteiger partial charge in [0.05, 0.1) is 0 Å². The quantitative estimate of drug-likeness (QED) is 0.519. The van der Waals surface area contributed by atoms with Crippen LogP contribution in [-0.4, -0.2) is 11.7 Å². The minimum absolute atomic E-state index is 0.535. The highest BCUT2D eigenvalue weighted by Gasteiger charge is 1.97. The molecule has 0 aromatic heterocycles. The van der Waals surface area contributed by atoms with E-state index in [1.54, 1.807) is 18.2 Å². The number of benzene rings is 1. The minimum atomic E-state index is 0.535. The van der Waals surface area contributed by atoms with Crippen LogP contribution in [0.3, 0.4) is 0 Å². The molecule has 1 aromatic carbocycles. The summed E-state index contributed by atoms with van der Waals surface area (Å²) < 4.78 is 0. The zero-order chi connectivity index (χ0) is 8.27. The van der Waals surface area contributed by atoms with Crippen LogP contribution in [0.4, 0.5) is 0 Å². The number of carbonyl (C=O) groups is 1. The van der Waals surface area contributed by atoms with E-state index in [0.717, 1.165) is 11.8 Å². The molecule has 0 saturated heterocycles. The molecule has 0 saturated carbocycles. The van der Waals surface area contributed by atoms with Crippen molar-refractivity contribution in [2.45, 2.75) is 0 Å². The Morgan fingerprint density at radius 2 is 2.09 bits per heavy atom. The highest BCUT2D eigenvalue weighted by Crippen LogP contribution is 2.12. The Labute approximate surface area is 75.0 Å². The SMILES string of the molecule is O=Cc1cc(Cl)ccc1C=S. The second kappa shape index (κ2) is 3.60. The summed E-state index contributed by atoms with van der Waals surface area (Å²) in [7, 11) is 0. The van der Waals surface area contributed by atoms with Gasteiger partial charge in [-0.3, -0.25) is 4.79 Å². The van der Waals surface area contributed by atoms with Gasteiger partial charge in [-0.05, 0) is 17.7 Å². The molecule has 0 bridgehead atoms. The maximum absolute atomic E-state index is 10.4. The predicted octanol–water partition coefficient (Wildman–Crippen LogP) is 2.50. The third-order valence-corrected chi connectivity index (χ3v) is 1.79. The van der Waals surface area contributed by atoms with E-state index in [9.17, 15) is 4.79 Å². The average Bonchev–Trinajstić information content (AvgIpc) is 2.04. The Balaban J connectivity index is 3.26. The first-order valence-electron chi connectivity index (χ1n) is 2.98. The molecule has 0 fully saturated rings. The van der Waals surface area contributed by atoms with Gasteiger partial charge in [0.15, 0.2) is 6.29 Å². The largest absolute Gasteiger partial charge is 0.298 e. The molecule has 0 N–H and O–H groups in total. The normalized spacial score (nSPS) is 9.18. The van der Waals surface area contributed by atoms with Crippen LogP contribution in [0.15, 0.2) is 18.2 Å². The first-order chi connectivity index (χ1) is 5.27. The fraction of sp³-hybridized carbons (Fsp3) is 0. The van der Waals surface area contributed by atoms with Gasteiger partial charge in [-0.1, -0.05) is 29.9 Å². The Kier molecular flexibility index (Phi) is 2.74. The van der Waals surface area contributed by atoms with E-state index >= 15 is 0 Å². The maximum atomic E-state index is 10.4. The monoisotopic (exact) mass is 184 g/mol. The van der Waals surface area contributed by atoms with E-state index in [4.69, 9.17) is 11.6 Å². The molecule has 0 spiro atoms. The number of thiocarbonyl (C=S) groups is 1. The smallest absolute Gasteiger partial charge is 0.150 e. The van der Waals surface area contributed by atoms with Crippen LogP contribution in [0, 0.1) is 0 Å². The number of halogens is 1. The number of hydrogen-bond donors (Lipinski definition) is 0. The molecule has 0 aliphatic carbocycles. The topological polar surface area (TPSA) is 17.1 Å². The van der Waals surface area contributed by atoms with Crippen LogP contribution < -0.4 is 0 Å². The summed E-state index contributed by atoms with van der Waals surface area (Å²) in [4.78, 5) is 10.4. The summed E-state index contributed by atoms with van der Waals surface area (Å²) in [5.74, 6) is 0. The fourth-order valence-corrected chi connectivity index (χ4v) is 1.15. The standard InChI is InChI=1S/C8H5ClOS/c9-8-2-1-6(5-11)7(3-8)4-10/h1-5H. The third-order valence-electron chi connectivity index (χ3n) is 1.30. The van der Waals surface area contributed by atoms with Gasteiger partial charge in [0.25, 0.3) is 0 Å². The molecule has 1 nitrogen and oxygen atoms in total. The van der Waals surface area contributed by atoms with Crippen LogP contribution in [0.25, 0.3) is 0 Å². The minimum Gasteiger partial charge on any atom is -0.298 e.